The van der Waals surface area contributed by atoms with Gasteiger partial charge in [-0.25, -0.2) is 9.97 Å². The van der Waals surface area contributed by atoms with E-state index in [1.165, 1.54) is 6.33 Å². The highest BCUT2D eigenvalue weighted by Gasteiger charge is 2.05. The van der Waals surface area contributed by atoms with Gasteiger partial charge in [-0.3, -0.25) is 4.98 Å². The zero-order valence-electron chi connectivity index (χ0n) is 8.21. The van der Waals surface area contributed by atoms with Crippen LogP contribution in [0.25, 0.3) is 0 Å². The molecule has 2 N–H and O–H groups in total. The van der Waals surface area contributed by atoms with Gasteiger partial charge >= 0.3 is 0 Å². The number of aromatic nitrogens is 3. The minimum atomic E-state index is 0.420. The van der Waals surface area contributed by atoms with Crippen LogP contribution >= 0.6 is 0 Å². The highest BCUT2D eigenvalue weighted by Crippen LogP contribution is 2.23. The number of anilines is 1. The van der Waals surface area contributed by atoms with Gasteiger partial charge in [0, 0.05) is 6.20 Å². The van der Waals surface area contributed by atoms with Crippen LogP contribution in [0.5, 0.6) is 11.6 Å². The predicted octanol–water partition coefficient (Wildman–Crippen LogP) is 1.55. The van der Waals surface area contributed by atoms with Crippen LogP contribution in [0.15, 0.2) is 30.9 Å². The first-order chi connectivity index (χ1) is 7.27. The van der Waals surface area contributed by atoms with Gasteiger partial charge in [-0.15, -0.1) is 0 Å². The van der Waals surface area contributed by atoms with Gasteiger partial charge in [0.1, 0.15) is 17.9 Å². The second-order valence-corrected chi connectivity index (χ2v) is 2.98. The van der Waals surface area contributed by atoms with Gasteiger partial charge in [-0.2, -0.15) is 0 Å². The third-order valence-corrected chi connectivity index (χ3v) is 1.93. The summed E-state index contributed by atoms with van der Waals surface area (Å²) < 4.78 is 5.50. The fraction of sp³-hybridized carbons (Fsp3) is 0.100. The third-order valence-electron chi connectivity index (χ3n) is 1.93. The highest BCUT2D eigenvalue weighted by atomic mass is 16.5. The molecule has 0 atom stereocenters. The first kappa shape index (κ1) is 9.39. The lowest BCUT2D eigenvalue weighted by atomic mass is 10.3. The van der Waals surface area contributed by atoms with Gasteiger partial charge in [-0.05, 0) is 19.1 Å². The van der Waals surface area contributed by atoms with E-state index in [-0.39, 0.29) is 0 Å². The molecule has 5 nitrogen and oxygen atoms in total. The Balaban J connectivity index is 2.29. The summed E-state index contributed by atoms with van der Waals surface area (Å²) in [4.78, 5) is 11.8. The quantitative estimate of drug-likeness (QED) is 0.799. The average Bonchev–Trinajstić information content (AvgIpc) is 2.26. The number of rotatable bonds is 2. The van der Waals surface area contributed by atoms with E-state index in [9.17, 15) is 0 Å². The van der Waals surface area contributed by atoms with Crippen molar-refractivity contribution in [3.8, 4) is 11.6 Å². The molecule has 5 heteroatoms. The van der Waals surface area contributed by atoms with Crippen LogP contribution in [0, 0.1) is 6.92 Å². The Bertz CT molecular complexity index is 458. The van der Waals surface area contributed by atoms with Crippen molar-refractivity contribution in [1.29, 1.82) is 0 Å². The third kappa shape index (κ3) is 2.01. The summed E-state index contributed by atoms with van der Waals surface area (Å²) in [5.74, 6) is 1.50. The maximum Gasteiger partial charge on any atom is 0.227 e. The van der Waals surface area contributed by atoms with Crippen molar-refractivity contribution >= 4 is 5.82 Å². The summed E-state index contributed by atoms with van der Waals surface area (Å²) in [5, 5.41) is 0. The number of ether oxygens (including phenoxy) is 1. The smallest absolute Gasteiger partial charge is 0.227 e. The molecule has 0 fully saturated rings. The number of nitrogens with two attached hydrogens (primary N) is 1. The van der Waals surface area contributed by atoms with Gasteiger partial charge in [-0.1, -0.05) is 0 Å². The van der Waals surface area contributed by atoms with Crippen LogP contribution in [0.1, 0.15) is 5.56 Å². The van der Waals surface area contributed by atoms with Crippen molar-refractivity contribution in [1.82, 2.24) is 15.0 Å². The summed E-state index contributed by atoms with van der Waals surface area (Å²) >= 11 is 0. The molecular weight excluding hydrogens is 192 g/mol. The van der Waals surface area contributed by atoms with Crippen LogP contribution in [0.4, 0.5) is 5.82 Å². The summed E-state index contributed by atoms with van der Waals surface area (Å²) in [6.45, 7) is 1.81. The Morgan fingerprint density at radius 1 is 1.33 bits per heavy atom. The molecule has 0 bridgehead atoms. The minimum Gasteiger partial charge on any atom is -0.437 e. The minimum absolute atomic E-state index is 0.420. The van der Waals surface area contributed by atoms with Gasteiger partial charge in [0.05, 0.1) is 11.8 Å². The van der Waals surface area contributed by atoms with Crippen LogP contribution in [-0.2, 0) is 0 Å². The molecule has 0 amide bonds. The maximum absolute atomic E-state index is 5.63. The largest absolute Gasteiger partial charge is 0.437 e. The zero-order valence-corrected chi connectivity index (χ0v) is 8.21. The molecule has 0 aliphatic carbocycles. The van der Waals surface area contributed by atoms with E-state index < -0.39 is 0 Å². The van der Waals surface area contributed by atoms with Crippen LogP contribution in [-0.4, -0.2) is 15.0 Å². The lowest BCUT2D eigenvalue weighted by Gasteiger charge is -2.07. The molecule has 76 valence electrons. The molecule has 0 radical (unpaired) electrons. The maximum atomic E-state index is 5.63. The molecule has 2 aromatic rings. The van der Waals surface area contributed by atoms with E-state index in [1.54, 1.807) is 31.5 Å². The summed E-state index contributed by atoms with van der Waals surface area (Å²) in [6, 6.07) is 3.58. The molecule has 0 aromatic carbocycles. The summed E-state index contributed by atoms with van der Waals surface area (Å²) in [7, 11) is 0. The summed E-state index contributed by atoms with van der Waals surface area (Å²) in [6.07, 6.45) is 4.65. The van der Waals surface area contributed by atoms with Gasteiger partial charge in [0.25, 0.3) is 0 Å². The second-order valence-electron chi connectivity index (χ2n) is 2.98. The Morgan fingerprint density at radius 2 is 2.20 bits per heavy atom. The van der Waals surface area contributed by atoms with Crippen LogP contribution in [0.3, 0.4) is 0 Å². The molecule has 0 spiro atoms. The van der Waals surface area contributed by atoms with Crippen LogP contribution in [0.2, 0.25) is 0 Å². The van der Waals surface area contributed by atoms with E-state index in [0.29, 0.717) is 17.4 Å². The van der Waals surface area contributed by atoms with Gasteiger partial charge < -0.3 is 10.5 Å². The van der Waals surface area contributed by atoms with Crippen LogP contribution < -0.4 is 10.5 Å². The second kappa shape index (κ2) is 3.91. The SMILES string of the molecule is Cc1c(N)ncnc1Oc1cccnc1. The monoisotopic (exact) mass is 202 g/mol. The molecule has 0 aliphatic heterocycles. The fourth-order valence-electron chi connectivity index (χ4n) is 1.07. The van der Waals surface area contributed by atoms with Crippen molar-refractivity contribution in [2.24, 2.45) is 0 Å². The number of nitrogens with zero attached hydrogens (tertiary/aromatic N) is 3. The zero-order chi connectivity index (χ0) is 10.7. The molecular formula is C10H10N4O. The van der Waals surface area contributed by atoms with Gasteiger partial charge in [0.2, 0.25) is 5.88 Å². The Hall–Kier alpha value is -2.17. The molecule has 0 saturated heterocycles. The normalized spacial score (nSPS) is 9.93. The topological polar surface area (TPSA) is 73.9 Å². The lowest BCUT2D eigenvalue weighted by Crippen LogP contribution is -1.98. The van der Waals surface area contributed by atoms with Gasteiger partial charge in [0.15, 0.2) is 0 Å². The molecule has 0 aliphatic rings. The number of pyridine rings is 1. The van der Waals surface area contributed by atoms with E-state index >= 15 is 0 Å². The molecule has 0 unspecified atom stereocenters. The number of hydrogen-bond donors (Lipinski definition) is 1. The Labute approximate surface area is 87.0 Å². The van der Waals surface area contributed by atoms with Crippen molar-refractivity contribution in [3.05, 3.63) is 36.4 Å². The predicted molar refractivity (Wildman–Crippen MR) is 55.5 cm³/mol. The van der Waals surface area contributed by atoms with E-state index in [2.05, 4.69) is 15.0 Å². The van der Waals surface area contributed by atoms with Crippen molar-refractivity contribution < 1.29 is 4.74 Å². The average molecular weight is 202 g/mol. The van der Waals surface area contributed by atoms with Crippen molar-refractivity contribution in [2.75, 3.05) is 5.73 Å². The Kier molecular flexibility index (Phi) is 2.45. The molecule has 2 aromatic heterocycles. The lowest BCUT2D eigenvalue weighted by molar-refractivity contribution is 0.456. The van der Waals surface area contributed by atoms with E-state index in [0.717, 1.165) is 5.56 Å². The Morgan fingerprint density at radius 3 is 2.93 bits per heavy atom. The fourth-order valence-corrected chi connectivity index (χ4v) is 1.07. The first-order valence-electron chi connectivity index (χ1n) is 4.42. The first-order valence-corrected chi connectivity index (χ1v) is 4.42. The molecule has 2 heterocycles. The van der Waals surface area contributed by atoms with Crippen molar-refractivity contribution in [2.45, 2.75) is 6.92 Å². The highest BCUT2D eigenvalue weighted by molar-refractivity contribution is 5.44. The van der Waals surface area contributed by atoms with E-state index in [4.69, 9.17) is 10.5 Å². The molecule has 0 saturated carbocycles. The van der Waals surface area contributed by atoms with E-state index in [1.807, 2.05) is 0 Å². The van der Waals surface area contributed by atoms with Crippen molar-refractivity contribution in [3.63, 3.8) is 0 Å². The molecule has 2 rings (SSSR count). The molecule has 15 heavy (non-hydrogen) atoms. The standard InChI is InChI=1S/C10H10N4O/c1-7-9(11)13-6-14-10(7)15-8-3-2-4-12-5-8/h2-6H,1H3,(H2,11,13,14). The number of nitrogen functional groups attached to an aromatic ring is 1. The number of hydrogen-bond acceptors (Lipinski definition) is 5. The summed E-state index contributed by atoms with van der Waals surface area (Å²) in [5.41, 5.74) is 6.35.